The number of nitrogens with one attached hydrogen (secondary N) is 2. The molecule has 6 heteroatoms. The summed E-state index contributed by atoms with van der Waals surface area (Å²) < 4.78 is 5.63. The molecule has 1 aromatic carbocycles. The van der Waals surface area contributed by atoms with Crippen molar-refractivity contribution in [2.45, 2.75) is 26.5 Å². The van der Waals surface area contributed by atoms with Gasteiger partial charge in [0.15, 0.2) is 0 Å². The summed E-state index contributed by atoms with van der Waals surface area (Å²) in [5, 5.41) is 6.09. The largest absolute Gasteiger partial charge is 0.491 e. The van der Waals surface area contributed by atoms with E-state index in [0.717, 1.165) is 17.0 Å². The highest BCUT2D eigenvalue weighted by Crippen LogP contribution is 2.20. The molecule has 27 heavy (non-hydrogen) atoms. The van der Waals surface area contributed by atoms with E-state index < -0.39 is 0 Å². The summed E-state index contributed by atoms with van der Waals surface area (Å²) in [6, 6.07) is 14.8. The fourth-order valence-corrected chi connectivity index (χ4v) is 2.46. The summed E-state index contributed by atoms with van der Waals surface area (Å²) in [5.74, 6) is 1.26. The van der Waals surface area contributed by atoms with E-state index in [0.29, 0.717) is 17.9 Å². The van der Waals surface area contributed by atoms with Gasteiger partial charge in [0.25, 0.3) is 5.91 Å². The lowest BCUT2D eigenvalue weighted by Gasteiger charge is -2.11. The second kappa shape index (κ2) is 8.80. The molecule has 0 saturated heterocycles. The number of pyridine rings is 2. The lowest BCUT2D eigenvalue weighted by Crippen LogP contribution is -2.22. The number of benzene rings is 1. The Hall–Kier alpha value is -3.41. The SMILES string of the molecule is CC(C)Oc1ccc(Nc2cc(C(=O)NCc3ccncc3)ccn2)cc1. The van der Waals surface area contributed by atoms with Crippen molar-refractivity contribution in [3.8, 4) is 5.75 Å². The van der Waals surface area contributed by atoms with Crippen LogP contribution in [0.4, 0.5) is 11.5 Å². The van der Waals surface area contributed by atoms with Gasteiger partial charge in [-0.05, 0) is 67.9 Å². The molecule has 3 rings (SSSR count). The van der Waals surface area contributed by atoms with Crippen LogP contribution in [0.1, 0.15) is 29.8 Å². The van der Waals surface area contributed by atoms with Gasteiger partial charge in [-0.3, -0.25) is 9.78 Å². The molecule has 0 radical (unpaired) electrons. The van der Waals surface area contributed by atoms with Crippen LogP contribution in [-0.4, -0.2) is 22.0 Å². The van der Waals surface area contributed by atoms with Crippen LogP contribution in [-0.2, 0) is 6.54 Å². The summed E-state index contributed by atoms with van der Waals surface area (Å²) in [4.78, 5) is 20.6. The number of anilines is 2. The molecule has 0 saturated carbocycles. The lowest BCUT2D eigenvalue weighted by molar-refractivity contribution is 0.0951. The Balaban J connectivity index is 1.62. The number of hydrogen-bond donors (Lipinski definition) is 2. The highest BCUT2D eigenvalue weighted by Gasteiger charge is 2.07. The first-order valence-electron chi connectivity index (χ1n) is 8.77. The topological polar surface area (TPSA) is 76.1 Å². The highest BCUT2D eigenvalue weighted by atomic mass is 16.5. The lowest BCUT2D eigenvalue weighted by atomic mass is 10.2. The molecule has 2 heterocycles. The van der Waals surface area contributed by atoms with Crippen LogP contribution in [0.2, 0.25) is 0 Å². The molecule has 0 aliphatic heterocycles. The molecular weight excluding hydrogens is 340 g/mol. The summed E-state index contributed by atoms with van der Waals surface area (Å²) >= 11 is 0. The van der Waals surface area contributed by atoms with Crippen molar-refractivity contribution in [3.05, 3.63) is 78.2 Å². The minimum atomic E-state index is -0.155. The molecule has 0 aliphatic carbocycles. The van der Waals surface area contributed by atoms with Gasteiger partial charge in [-0.25, -0.2) is 4.98 Å². The van der Waals surface area contributed by atoms with Gasteiger partial charge < -0.3 is 15.4 Å². The third-order valence-corrected chi connectivity index (χ3v) is 3.72. The molecule has 138 valence electrons. The average Bonchev–Trinajstić information content (AvgIpc) is 2.68. The average molecular weight is 362 g/mol. The maximum absolute atomic E-state index is 12.4. The molecule has 0 atom stereocenters. The first-order chi connectivity index (χ1) is 13.1. The van der Waals surface area contributed by atoms with Gasteiger partial charge in [0.05, 0.1) is 6.10 Å². The van der Waals surface area contributed by atoms with Crippen molar-refractivity contribution in [2.24, 2.45) is 0 Å². The van der Waals surface area contributed by atoms with Gasteiger partial charge in [0.1, 0.15) is 11.6 Å². The predicted octanol–water partition coefficient (Wildman–Crippen LogP) is 3.94. The Bertz CT molecular complexity index is 880. The fourth-order valence-electron chi connectivity index (χ4n) is 2.46. The second-order valence-electron chi connectivity index (χ2n) is 6.28. The summed E-state index contributed by atoms with van der Waals surface area (Å²) in [6.07, 6.45) is 5.15. The third kappa shape index (κ3) is 5.54. The van der Waals surface area contributed by atoms with E-state index in [-0.39, 0.29) is 12.0 Å². The van der Waals surface area contributed by atoms with Gasteiger partial charge in [0.2, 0.25) is 0 Å². The third-order valence-electron chi connectivity index (χ3n) is 3.72. The molecule has 0 aliphatic rings. The van der Waals surface area contributed by atoms with Crippen molar-refractivity contribution in [1.29, 1.82) is 0 Å². The van der Waals surface area contributed by atoms with Gasteiger partial charge in [0, 0.05) is 36.4 Å². The minimum absolute atomic E-state index is 0.132. The number of carbonyl (C=O) groups is 1. The maximum Gasteiger partial charge on any atom is 0.251 e. The Labute approximate surface area is 158 Å². The molecule has 1 amide bonds. The molecule has 6 nitrogen and oxygen atoms in total. The van der Waals surface area contributed by atoms with Crippen molar-refractivity contribution in [3.63, 3.8) is 0 Å². The van der Waals surface area contributed by atoms with Crippen LogP contribution in [0, 0.1) is 0 Å². The summed E-state index contributed by atoms with van der Waals surface area (Å²) in [7, 11) is 0. The van der Waals surface area contributed by atoms with Crippen molar-refractivity contribution in [2.75, 3.05) is 5.32 Å². The van der Waals surface area contributed by atoms with Crippen LogP contribution < -0.4 is 15.4 Å². The van der Waals surface area contributed by atoms with E-state index in [1.54, 1.807) is 30.7 Å². The zero-order chi connectivity index (χ0) is 19.1. The number of amides is 1. The fraction of sp³-hybridized carbons (Fsp3) is 0.190. The molecule has 0 fully saturated rings. The van der Waals surface area contributed by atoms with Crippen molar-refractivity contribution >= 4 is 17.4 Å². The van der Waals surface area contributed by atoms with E-state index in [9.17, 15) is 4.79 Å². The molecule has 0 unspecified atom stereocenters. The van der Waals surface area contributed by atoms with Crippen molar-refractivity contribution < 1.29 is 9.53 Å². The Morgan fingerprint density at radius 1 is 1.04 bits per heavy atom. The van der Waals surface area contributed by atoms with Crippen LogP contribution in [0.25, 0.3) is 0 Å². The Morgan fingerprint density at radius 3 is 2.48 bits per heavy atom. The van der Waals surface area contributed by atoms with Gasteiger partial charge in [-0.15, -0.1) is 0 Å². The standard InChI is InChI=1S/C21H22N4O2/c1-15(2)27-19-5-3-18(4-6-19)25-20-13-17(9-12-23-20)21(26)24-14-16-7-10-22-11-8-16/h3-13,15H,14H2,1-2H3,(H,23,25)(H,24,26). The highest BCUT2D eigenvalue weighted by molar-refractivity contribution is 5.94. The smallest absolute Gasteiger partial charge is 0.251 e. The summed E-state index contributed by atoms with van der Waals surface area (Å²) in [6.45, 7) is 4.42. The molecule has 0 bridgehead atoms. The predicted molar refractivity (Wildman–Crippen MR) is 105 cm³/mol. The quantitative estimate of drug-likeness (QED) is 0.666. The zero-order valence-corrected chi connectivity index (χ0v) is 15.3. The van der Waals surface area contributed by atoms with Gasteiger partial charge in [-0.2, -0.15) is 0 Å². The van der Waals surface area contributed by atoms with E-state index in [1.807, 2.05) is 50.2 Å². The molecular formula is C21H22N4O2. The van der Waals surface area contributed by atoms with Crippen molar-refractivity contribution in [1.82, 2.24) is 15.3 Å². The number of rotatable bonds is 7. The van der Waals surface area contributed by atoms with E-state index >= 15 is 0 Å². The van der Waals surface area contributed by atoms with Gasteiger partial charge in [-0.1, -0.05) is 0 Å². The van der Waals surface area contributed by atoms with E-state index in [1.165, 1.54) is 0 Å². The first-order valence-corrected chi connectivity index (χ1v) is 8.77. The number of ether oxygens (including phenoxy) is 1. The van der Waals surface area contributed by atoms with Crippen LogP contribution in [0.5, 0.6) is 5.75 Å². The summed E-state index contributed by atoms with van der Waals surface area (Å²) in [5.41, 5.74) is 2.41. The monoisotopic (exact) mass is 362 g/mol. The maximum atomic E-state index is 12.4. The first kappa shape index (κ1) is 18.4. The Morgan fingerprint density at radius 2 is 1.78 bits per heavy atom. The van der Waals surface area contributed by atoms with Crippen LogP contribution in [0.15, 0.2) is 67.1 Å². The normalized spacial score (nSPS) is 10.5. The number of nitrogens with zero attached hydrogens (tertiary/aromatic N) is 2. The molecule has 2 aromatic heterocycles. The van der Waals surface area contributed by atoms with Crippen LogP contribution >= 0.6 is 0 Å². The zero-order valence-electron chi connectivity index (χ0n) is 15.3. The molecule has 0 spiro atoms. The molecule has 3 aromatic rings. The Kier molecular flexibility index (Phi) is 5.99. The minimum Gasteiger partial charge on any atom is -0.491 e. The van der Waals surface area contributed by atoms with E-state index in [2.05, 4.69) is 20.6 Å². The van der Waals surface area contributed by atoms with Crippen LogP contribution in [0.3, 0.4) is 0 Å². The van der Waals surface area contributed by atoms with Gasteiger partial charge >= 0.3 is 0 Å². The van der Waals surface area contributed by atoms with E-state index in [4.69, 9.17) is 4.74 Å². The number of hydrogen-bond acceptors (Lipinski definition) is 5. The second-order valence-corrected chi connectivity index (χ2v) is 6.28. The number of aromatic nitrogens is 2. The molecule has 2 N–H and O–H groups in total. The number of carbonyl (C=O) groups excluding carboxylic acids is 1.